The van der Waals surface area contributed by atoms with E-state index in [4.69, 9.17) is 0 Å². The fraction of sp³-hybridized carbons (Fsp3) is 0.778. The summed E-state index contributed by atoms with van der Waals surface area (Å²) in [6.07, 6.45) is 1.68. The molecule has 0 heterocycles. The summed E-state index contributed by atoms with van der Waals surface area (Å²) in [6.45, 7) is 10.1. The molecule has 0 aliphatic carbocycles. The van der Waals surface area contributed by atoms with E-state index in [2.05, 4.69) is 20.8 Å². The second-order valence-corrected chi connectivity index (χ2v) is 3.67. The molecular formula is C9H18O. The van der Waals surface area contributed by atoms with Crippen molar-refractivity contribution < 1.29 is 5.11 Å². The number of rotatable bonds is 1. The first kappa shape index (κ1) is 9.70. The molecule has 1 N–H and O–H groups in total. The Morgan fingerprint density at radius 1 is 1.40 bits per heavy atom. The average Bonchev–Trinajstić information content (AvgIpc) is 1.60. The molecule has 1 unspecified atom stereocenters. The highest BCUT2D eigenvalue weighted by Crippen LogP contribution is 2.27. The van der Waals surface area contributed by atoms with E-state index in [1.54, 1.807) is 6.92 Å². The topological polar surface area (TPSA) is 20.2 Å². The van der Waals surface area contributed by atoms with E-state index in [0.717, 1.165) is 5.57 Å². The second-order valence-electron chi connectivity index (χ2n) is 3.67. The Kier molecular flexibility index (Phi) is 3.10. The van der Waals surface area contributed by atoms with E-state index >= 15 is 0 Å². The first-order valence-corrected chi connectivity index (χ1v) is 3.74. The van der Waals surface area contributed by atoms with Crippen molar-refractivity contribution in [3.8, 4) is 0 Å². The number of allylic oxidation sites excluding steroid dienone is 1. The monoisotopic (exact) mass is 142 g/mol. The van der Waals surface area contributed by atoms with Crippen molar-refractivity contribution in [1.82, 2.24) is 0 Å². The molecule has 0 saturated heterocycles. The van der Waals surface area contributed by atoms with Gasteiger partial charge in [0.1, 0.15) is 0 Å². The molecule has 60 valence electrons. The van der Waals surface area contributed by atoms with Crippen molar-refractivity contribution in [2.24, 2.45) is 5.41 Å². The maximum Gasteiger partial charge on any atom is 0.0726 e. The zero-order valence-electron chi connectivity index (χ0n) is 7.60. The third-order valence-corrected chi connectivity index (χ3v) is 1.63. The Morgan fingerprint density at radius 2 is 1.80 bits per heavy atom. The molecule has 0 spiro atoms. The first-order chi connectivity index (χ1) is 4.39. The largest absolute Gasteiger partial charge is 0.389 e. The summed E-state index contributed by atoms with van der Waals surface area (Å²) in [5, 5.41) is 9.28. The van der Waals surface area contributed by atoms with Crippen LogP contribution in [0.1, 0.15) is 34.6 Å². The van der Waals surface area contributed by atoms with Gasteiger partial charge in [-0.05, 0) is 24.8 Å². The molecule has 0 aliphatic heterocycles. The summed E-state index contributed by atoms with van der Waals surface area (Å²) in [5.74, 6) is 0. The highest BCUT2D eigenvalue weighted by molar-refractivity contribution is 5.13. The summed E-state index contributed by atoms with van der Waals surface area (Å²) < 4.78 is 0. The Hall–Kier alpha value is -0.300. The van der Waals surface area contributed by atoms with Gasteiger partial charge >= 0.3 is 0 Å². The van der Waals surface area contributed by atoms with Gasteiger partial charge in [-0.3, -0.25) is 0 Å². The molecular weight excluding hydrogens is 124 g/mol. The highest BCUT2D eigenvalue weighted by atomic mass is 16.3. The van der Waals surface area contributed by atoms with E-state index in [0.29, 0.717) is 0 Å². The predicted molar refractivity (Wildman–Crippen MR) is 44.9 cm³/mol. The second kappa shape index (κ2) is 3.20. The highest BCUT2D eigenvalue weighted by Gasteiger charge is 2.19. The summed E-state index contributed by atoms with van der Waals surface area (Å²) in [6, 6.07) is 0. The molecule has 0 aromatic heterocycles. The van der Waals surface area contributed by atoms with E-state index in [-0.39, 0.29) is 11.5 Å². The van der Waals surface area contributed by atoms with Crippen LogP contribution in [-0.4, -0.2) is 11.2 Å². The maximum atomic E-state index is 9.28. The van der Waals surface area contributed by atoms with E-state index in [9.17, 15) is 5.11 Å². The minimum Gasteiger partial charge on any atom is -0.389 e. The van der Waals surface area contributed by atoms with Crippen LogP contribution in [0, 0.1) is 5.41 Å². The Balaban J connectivity index is 4.40. The third kappa shape index (κ3) is 2.53. The molecule has 0 fully saturated rings. The fourth-order valence-electron chi connectivity index (χ4n) is 1.30. The van der Waals surface area contributed by atoms with E-state index in [1.807, 2.05) is 13.0 Å². The lowest BCUT2D eigenvalue weighted by molar-refractivity contribution is 0.203. The van der Waals surface area contributed by atoms with Crippen molar-refractivity contribution in [1.29, 1.82) is 0 Å². The van der Waals surface area contributed by atoms with Gasteiger partial charge in [-0.1, -0.05) is 26.8 Å². The van der Waals surface area contributed by atoms with Crippen LogP contribution in [0.3, 0.4) is 0 Å². The summed E-state index contributed by atoms with van der Waals surface area (Å²) in [4.78, 5) is 0. The molecule has 1 atom stereocenters. The molecule has 0 bridgehead atoms. The van der Waals surface area contributed by atoms with Gasteiger partial charge in [0.2, 0.25) is 0 Å². The van der Waals surface area contributed by atoms with Crippen LogP contribution in [-0.2, 0) is 0 Å². The minimum absolute atomic E-state index is 0.100. The van der Waals surface area contributed by atoms with Crippen LogP contribution in [0.25, 0.3) is 0 Å². The Labute approximate surface area is 63.8 Å². The quantitative estimate of drug-likeness (QED) is 0.557. The van der Waals surface area contributed by atoms with Crippen molar-refractivity contribution in [3.63, 3.8) is 0 Å². The summed E-state index contributed by atoms with van der Waals surface area (Å²) >= 11 is 0. The van der Waals surface area contributed by atoms with Crippen LogP contribution < -0.4 is 0 Å². The van der Waals surface area contributed by atoms with Gasteiger partial charge in [-0.2, -0.15) is 0 Å². The van der Waals surface area contributed by atoms with Crippen LogP contribution >= 0.6 is 0 Å². The number of hydrogen-bond donors (Lipinski definition) is 1. The van der Waals surface area contributed by atoms with Gasteiger partial charge in [-0.15, -0.1) is 0 Å². The standard InChI is InChI=1S/C9H18O/c1-6-8(7(2)10)9(3,4)5/h6-7,10H,1-5H3/b8-6+. The molecule has 1 nitrogen and oxygen atoms in total. The SMILES string of the molecule is C/C=C(\C(C)O)C(C)(C)C. The van der Waals surface area contributed by atoms with Gasteiger partial charge in [0, 0.05) is 0 Å². The first-order valence-electron chi connectivity index (χ1n) is 3.74. The van der Waals surface area contributed by atoms with Gasteiger partial charge in [0.15, 0.2) is 0 Å². The van der Waals surface area contributed by atoms with Gasteiger partial charge < -0.3 is 5.11 Å². The van der Waals surface area contributed by atoms with Crippen molar-refractivity contribution in [3.05, 3.63) is 11.6 Å². The molecule has 0 aromatic carbocycles. The molecule has 0 amide bonds. The smallest absolute Gasteiger partial charge is 0.0726 e. The van der Waals surface area contributed by atoms with Crippen molar-refractivity contribution >= 4 is 0 Å². The molecule has 0 saturated carbocycles. The molecule has 0 radical (unpaired) electrons. The van der Waals surface area contributed by atoms with Gasteiger partial charge in [0.05, 0.1) is 6.10 Å². The summed E-state index contributed by atoms with van der Waals surface area (Å²) in [5.41, 5.74) is 1.20. The van der Waals surface area contributed by atoms with Crippen LogP contribution in [0.15, 0.2) is 11.6 Å². The number of aliphatic hydroxyl groups is 1. The molecule has 0 aromatic rings. The van der Waals surface area contributed by atoms with Crippen molar-refractivity contribution in [2.45, 2.75) is 40.7 Å². The predicted octanol–water partition coefficient (Wildman–Crippen LogP) is 2.36. The summed E-state index contributed by atoms with van der Waals surface area (Å²) in [7, 11) is 0. The van der Waals surface area contributed by atoms with Gasteiger partial charge in [0.25, 0.3) is 0 Å². The zero-order valence-corrected chi connectivity index (χ0v) is 7.60. The average molecular weight is 142 g/mol. The van der Waals surface area contributed by atoms with Crippen LogP contribution in [0.2, 0.25) is 0 Å². The normalized spacial score (nSPS) is 17.2. The Bertz CT molecular complexity index is 126. The fourth-order valence-corrected chi connectivity index (χ4v) is 1.30. The van der Waals surface area contributed by atoms with Crippen molar-refractivity contribution in [2.75, 3.05) is 0 Å². The lowest BCUT2D eigenvalue weighted by Crippen LogP contribution is -2.19. The minimum atomic E-state index is -0.315. The third-order valence-electron chi connectivity index (χ3n) is 1.63. The van der Waals surface area contributed by atoms with Crippen LogP contribution in [0.5, 0.6) is 0 Å². The van der Waals surface area contributed by atoms with Crippen LogP contribution in [0.4, 0.5) is 0 Å². The molecule has 1 heteroatoms. The lowest BCUT2D eigenvalue weighted by Gasteiger charge is -2.24. The Morgan fingerprint density at radius 3 is 1.80 bits per heavy atom. The molecule has 0 aliphatic rings. The van der Waals surface area contributed by atoms with E-state index in [1.165, 1.54) is 0 Å². The van der Waals surface area contributed by atoms with Gasteiger partial charge in [-0.25, -0.2) is 0 Å². The molecule has 0 rings (SSSR count). The number of aliphatic hydroxyl groups excluding tert-OH is 1. The van der Waals surface area contributed by atoms with E-state index < -0.39 is 0 Å². The zero-order chi connectivity index (χ0) is 8.36. The maximum absolute atomic E-state index is 9.28. The molecule has 10 heavy (non-hydrogen) atoms. The lowest BCUT2D eigenvalue weighted by atomic mass is 9.83. The number of hydrogen-bond acceptors (Lipinski definition) is 1.